The van der Waals surface area contributed by atoms with Crippen LogP contribution in [0.25, 0.3) is 0 Å². The lowest BCUT2D eigenvalue weighted by Crippen LogP contribution is -2.37. The molecule has 1 aromatic rings. The number of rotatable bonds is 3. The van der Waals surface area contributed by atoms with Crippen molar-refractivity contribution in [2.75, 3.05) is 13.1 Å². The van der Waals surface area contributed by atoms with Crippen LogP contribution in [0.5, 0.6) is 0 Å². The van der Waals surface area contributed by atoms with Gasteiger partial charge in [-0.05, 0) is 31.5 Å². The van der Waals surface area contributed by atoms with Crippen molar-refractivity contribution in [3.63, 3.8) is 0 Å². The Bertz CT molecular complexity index is 419. The Balaban J connectivity index is 1.97. The topological polar surface area (TPSA) is 41.1 Å². The van der Waals surface area contributed by atoms with Gasteiger partial charge in [0.25, 0.3) is 5.91 Å². The zero-order valence-electron chi connectivity index (χ0n) is 9.30. The highest BCUT2D eigenvalue weighted by Gasteiger charge is 2.17. The highest BCUT2D eigenvalue weighted by Crippen LogP contribution is 2.19. The molecule has 2 N–H and O–H groups in total. The van der Waals surface area contributed by atoms with Crippen molar-refractivity contribution < 1.29 is 9.18 Å². The number of benzene rings is 1. The molecule has 1 aromatic carbocycles. The number of halogens is 2. The van der Waals surface area contributed by atoms with E-state index in [1.54, 1.807) is 0 Å². The summed E-state index contributed by atoms with van der Waals surface area (Å²) in [6.07, 6.45) is 2.18. The van der Waals surface area contributed by atoms with E-state index in [2.05, 4.69) is 10.6 Å². The molecule has 0 saturated carbocycles. The van der Waals surface area contributed by atoms with Gasteiger partial charge in [0, 0.05) is 12.6 Å². The first-order chi connectivity index (χ1) is 8.18. The number of carbonyl (C=O) groups is 1. The van der Waals surface area contributed by atoms with Crippen LogP contribution in [0.1, 0.15) is 23.2 Å². The van der Waals surface area contributed by atoms with Crippen molar-refractivity contribution >= 4 is 17.5 Å². The molecule has 0 bridgehead atoms. The predicted molar refractivity (Wildman–Crippen MR) is 64.8 cm³/mol. The molecule has 0 aromatic heterocycles. The summed E-state index contributed by atoms with van der Waals surface area (Å²) in [6.45, 7) is 1.53. The van der Waals surface area contributed by atoms with E-state index in [1.165, 1.54) is 18.2 Å². The fourth-order valence-electron chi connectivity index (χ4n) is 1.92. The van der Waals surface area contributed by atoms with Crippen molar-refractivity contribution in [3.8, 4) is 0 Å². The number of hydrogen-bond acceptors (Lipinski definition) is 2. The minimum absolute atomic E-state index is 0.121. The maximum atomic E-state index is 13.2. The molecule has 5 heteroatoms. The first kappa shape index (κ1) is 12.3. The Labute approximate surface area is 104 Å². The maximum absolute atomic E-state index is 13.2. The molecule has 0 spiro atoms. The van der Waals surface area contributed by atoms with E-state index in [9.17, 15) is 9.18 Å². The molecule has 1 amide bonds. The summed E-state index contributed by atoms with van der Waals surface area (Å²) in [7, 11) is 0. The van der Waals surface area contributed by atoms with Crippen molar-refractivity contribution in [3.05, 3.63) is 34.6 Å². The van der Waals surface area contributed by atoms with Gasteiger partial charge in [0.2, 0.25) is 0 Å². The molecule has 0 radical (unpaired) electrons. The van der Waals surface area contributed by atoms with Gasteiger partial charge in [-0.2, -0.15) is 0 Å². The van der Waals surface area contributed by atoms with Gasteiger partial charge >= 0.3 is 0 Å². The van der Waals surface area contributed by atoms with E-state index >= 15 is 0 Å². The monoisotopic (exact) mass is 256 g/mol. The van der Waals surface area contributed by atoms with Gasteiger partial charge < -0.3 is 10.6 Å². The van der Waals surface area contributed by atoms with Crippen molar-refractivity contribution in [1.82, 2.24) is 10.6 Å². The Morgan fingerprint density at radius 1 is 1.59 bits per heavy atom. The minimum atomic E-state index is -0.571. The van der Waals surface area contributed by atoms with Crippen molar-refractivity contribution in [1.29, 1.82) is 0 Å². The first-order valence-corrected chi connectivity index (χ1v) is 6.02. The van der Waals surface area contributed by atoms with Gasteiger partial charge in [-0.25, -0.2) is 4.39 Å². The van der Waals surface area contributed by atoms with E-state index < -0.39 is 5.82 Å². The third-order valence-electron chi connectivity index (χ3n) is 2.87. The van der Waals surface area contributed by atoms with Crippen LogP contribution in [0, 0.1) is 5.82 Å². The molecule has 1 saturated heterocycles. The Morgan fingerprint density at radius 3 is 3.12 bits per heavy atom. The van der Waals surface area contributed by atoms with Crippen LogP contribution in [-0.4, -0.2) is 25.0 Å². The van der Waals surface area contributed by atoms with E-state index in [0.29, 0.717) is 12.6 Å². The average Bonchev–Trinajstić information content (AvgIpc) is 2.82. The molecule has 17 heavy (non-hydrogen) atoms. The van der Waals surface area contributed by atoms with Crippen LogP contribution in [0.3, 0.4) is 0 Å². The zero-order valence-corrected chi connectivity index (χ0v) is 10.1. The summed E-state index contributed by atoms with van der Waals surface area (Å²) in [5.74, 6) is -0.901. The Kier molecular flexibility index (Phi) is 3.97. The summed E-state index contributed by atoms with van der Waals surface area (Å²) >= 11 is 5.73. The van der Waals surface area contributed by atoms with Crippen LogP contribution in [0.15, 0.2) is 18.2 Å². The highest BCUT2D eigenvalue weighted by molar-refractivity contribution is 6.34. The summed E-state index contributed by atoms with van der Waals surface area (Å²) in [5, 5.41) is 5.90. The van der Waals surface area contributed by atoms with Crippen LogP contribution in [0.2, 0.25) is 5.02 Å². The third kappa shape index (κ3) is 2.96. The average molecular weight is 257 g/mol. The number of carbonyl (C=O) groups excluding carboxylic acids is 1. The van der Waals surface area contributed by atoms with Gasteiger partial charge in [0.05, 0.1) is 10.6 Å². The van der Waals surface area contributed by atoms with E-state index in [1.807, 2.05) is 0 Å². The molecule has 1 aliphatic heterocycles. The molecular formula is C12H14ClFN2O. The minimum Gasteiger partial charge on any atom is -0.350 e. The van der Waals surface area contributed by atoms with E-state index in [-0.39, 0.29) is 16.5 Å². The fraction of sp³-hybridized carbons (Fsp3) is 0.417. The zero-order chi connectivity index (χ0) is 12.3. The largest absolute Gasteiger partial charge is 0.350 e. The van der Waals surface area contributed by atoms with Gasteiger partial charge in [0.15, 0.2) is 0 Å². The van der Waals surface area contributed by atoms with Gasteiger partial charge in [0.1, 0.15) is 5.82 Å². The maximum Gasteiger partial charge on any atom is 0.252 e. The third-order valence-corrected chi connectivity index (χ3v) is 3.25. The second-order valence-corrected chi connectivity index (χ2v) is 4.48. The van der Waals surface area contributed by atoms with Crippen LogP contribution in [-0.2, 0) is 0 Å². The smallest absolute Gasteiger partial charge is 0.252 e. The van der Waals surface area contributed by atoms with Crippen LogP contribution < -0.4 is 10.6 Å². The quantitative estimate of drug-likeness (QED) is 0.868. The molecule has 3 nitrogen and oxygen atoms in total. The lowest BCUT2D eigenvalue weighted by molar-refractivity contribution is 0.0950. The van der Waals surface area contributed by atoms with Gasteiger partial charge in [-0.15, -0.1) is 0 Å². The first-order valence-electron chi connectivity index (χ1n) is 5.64. The number of hydrogen-bond donors (Lipinski definition) is 2. The Morgan fingerprint density at radius 2 is 2.41 bits per heavy atom. The SMILES string of the molecule is O=C(NCC1CCCN1)c1cccc(F)c1Cl. The number of amides is 1. The second kappa shape index (κ2) is 5.47. The standard InChI is InChI=1S/C12H14ClFN2O/c13-11-9(4-1-5-10(11)14)12(17)16-7-8-3-2-6-15-8/h1,4-5,8,15H,2-3,6-7H2,(H,16,17). The number of nitrogens with one attached hydrogen (secondary N) is 2. The summed E-state index contributed by atoms with van der Waals surface area (Å²) < 4.78 is 13.2. The fourth-order valence-corrected chi connectivity index (χ4v) is 2.13. The predicted octanol–water partition coefficient (Wildman–Crippen LogP) is 1.96. The van der Waals surface area contributed by atoms with Crippen LogP contribution in [0.4, 0.5) is 4.39 Å². The summed E-state index contributed by atoms with van der Waals surface area (Å²) in [6, 6.07) is 4.54. The molecule has 1 fully saturated rings. The second-order valence-electron chi connectivity index (χ2n) is 4.10. The Hall–Kier alpha value is -1.13. The molecule has 92 valence electrons. The molecule has 1 unspecified atom stereocenters. The normalized spacial score (nSPS) is 19.3. The van der Waals surface area contributed by atoms with E-state index in [0.717, 1.165) is 19.4 Å². The van der Waals surface area contributed by atoms with Gasteiger partial charge in [-0.1, -0.05) is 17.7 Å². The molecule has 1 aliphatic rings. The molecule has 2 rings (SSSR count). The summed E-state index contributed by atoms with van der Waals surface area (Å²) in [5.41, 5.74) is 0.185. The molecule has 0 aliphatic carbocycles. The van der Waals surface area contributed by atoms with Gasteiger partial charge in [-0.3, -0.25) is 4.79 Å². The van der Waals surface area contributed by atoms with Crippen LogP contribution >= 0.6 is 11.6 Å². The molecule has 1 heterocycles. The molecule has 1 atom stereocenters. The molecular weight excluding hydrogens is 243 g/mol. The van der Waals surface area contributed by atoms with Crippen molar-refractivity contribution in [2.24, 2.45) is 0 Å². The lowest BCUT2D eigenvalue weighted by Gasteiger charge is -2.12. The highest BCUT2D eigenvalue weighted by atomic mass is 35.5. The van der Waals surface area contributed by atoms with Crippen molar-refractivity contribution in [2.45, 2.75) is 18.9 Å². The summed E-state index contributed by atoms with van der Waals surface area (Å²) in [4.78, 5) is 11.8. The van der Waals surface area contributed by atoms with E-state index in [4.69, 9.17) is 11.6 Å². The lowest BCUT2D eigenvalue weighted by atomic mass is 10.2.